The molecule has 190 valence electrons. The number of nitrogens with zero attached hydrogens (tertiary/aromatic N) is 2. The van der Waals surface area contributed by atoms with Crippen molar-refractivity contribution in [2.45, 2.75) is 49.0 Å². The minimum atomic E-state index is -2.10. The van der Waals surface area contributed by atoms with E-state index >= 15 is 0 Å². The molecule has 1 aliphatic rings. The zero-order valence-corrected chi connectivity index (χ0v) is 24.5. The fourth-order valence-electron chi connectivity index (χ4n) is 5.08. The minimum Gasteiger partial charge on any atom is -0.357 e. The summed E-state index contributed by atoms with van der Waals surface area (Å²) in [5, 5.41) is 0.154. The molecule has 3 nitrogen and oxygen atoms in total. The molecule has 36 heavy (non-hydrogen) atoms. The molecule has 1 amide bonds. The second-order valence-electron chi connectivity index (χ2n) is 11.7. The lowest BCUT2D eigenvalue weighted by Crippen LogP contribution is -2.73. The van der Waals surface area contributed by atoms with Gasteiger partial charge in [0.1, 0.15) is 0 Å². The first kappa shape index (κ1) is 26.7. The smallest absolute Gasteiger partial charge is 0.222 e. The highest BCUT2D eigenvalue weighted by Gasteiger charge is 2.59. The molecule has 2 atom stereocenters. The van der Waals surface area contributed by atoms with E-state index in [2.05, 4.69) is 148 Å². The zero-order chi connectivity index (χ0) is 26.1. The molecule has 3 aromatic rings. The number of rotatable bonds is 8. The average Bonchev–Trinajstić information content (AvgIpc) is 2.86. The number of thioether (sulfide) groups is 1. The van der Waals surface area contributed by atoms with Crippen LogP contribution >= 0.6 is 11.8 Å². The molecule has 0 radical (unpaired) electrons. The molecule has 0 bridgehead atoms. The first-order valence-corrected chi connectivity index (χ1v) is 16.6. The fourth-order valence-corrected chi connectivity index (χ4v) is 10.0. The van der Waals surface area contributed by atoms with Gasteiger partial charge in [0.05, 0.1) is 16.0 Å². The van der Waals surface area contributed by atoms with Gasteiger partial charge in [-0.2, -0.15) is 0 Å². The molecule has 1 fully saturated rings. The van der Waals surface area contributed by atoms with Crippen molar-refractivity contribution < 1.29 is 4.79 Å². The lowest BCUT2D eigenvalue weighted by molar-refractivity contribution is -0.144. The van der Waals surface area contributed by atoms with Crippen LogP contribution in [0.15, 0.2) is 91.0 Å². The SMILES string of the molecule is CN(C)CC1C(=O)N([Si](C)(C)C(C)(C)C)C1SC(c1ccccc1)(c1ccccc1)c1ccccc1. The van der Waals surface area contributed by atoms with Crippen molar-refractivity contribution in [2.24, 2.45) is 5.92 Å². The Labute approximate surface area is 223 Å². The topological polar surface area (TPSA) is 23.6 Å². The van der Waals surface area contributed by atoms with Crippen LogP contribution in [0.2, 0.25) is 18.1 Å². The summed E-state index contributed by atoms with van der Waals surface area (Å²) in [6, 6.07) is 32.5. The minimum absolute atomic E-state index is 0.0327. The Hall–Kier alpha value is -2.34. The predicted molar refractivity (Wildman–Crippen MR) is 157 cm³/mol. The molecule has 4 rings (SSSR count). The molecule has 2 unspecified atom stereocenters. The first-order chi connectivity index (χ1) is 17.0. The van der Waals surface area contributed by atoms with Gasteiger partial charge in [0.25, 0.3) is 0 Å². The maximum atomic E-state index is 13.8. The van der Waals surface area contributed by atoms with Crippen LogP contribution in [0.4, 0.5) is 0 Å². The fraction of sp³-hybridized carbons (Fsp3) is 0.387. The summed E-state index contributed by atoms with van der Waals surface area (Å²) < 4.78 is 1.87. The monoisotopic (exact) mass is 516 g/mol. The Kier molecular flexibility index (Phi) is 7.57. The Bertz CT molecular complexity index is 1060. The van der Waals surface area contributed by atoms with E-state index < -0.39 is 13.0 Å². The van der Waals surface area contributed by atoms with E-state index in [-0.39, 0.29) is 16.3 Å². The average molecular weight is 517 g/mol. The van der Waals surface area contributed by atoms with Crippen LogP contribution in [0.5, 0.6) is 0 Å². The molecule has 0 aliphatic carbocycles. The summed E-state index contributed by atoms with van der Waals surface area (Å²) in [5.41, 5.74) is 3.72. The van der Waals surface area contributed by atoms with Crippen molar-refractivity contribution in [3.63, 3.8) is 0 Å². The summed E-state index contributed by atoms with van der Waals surface area (Å²) in [6.45, 7) is 12.4. The first-order valence-electron chi connectivity index (χ1n) is 12.8. The number of β-lactam (4-membered cyclic amide) rings is 1. The van der Waals surface area contributed by atoms with Crippen molar-refractivity contribution in [2.75, 3.05) is 20.6 Å². The molecular formula is C31H40N2OSSi. The summed E-state index contributed by atoms with van der Waals surface area (Å²) in [6.07, 6.45) is 0. The van der Waals surface area contributed by atoms with E-state index in [0.29, 0.717) is 5.91 Å². The number of hydrogen-bond donors (Lipinski definition) is 0. The third-order valence-corrected chi connectivity index (χ3v) is 15.4. The van der Waals surface area contributed by atoms with Crippen LogP contribution in [-0.2, 0) is 9.54 Å². The predicted octanol–water partition coefficient (Wildman–Crippen LogP) is 7.06. The molecular weight excluding hydrogens is 477 g/mol. The van der Waals surface area contributed by atoms with E-state index in [1.165, 1.54) is 16.7 Å². The maximum absolute atomic E-state index is 13.8. The third-order valence-electron chi connectivity index (χ3n) is 7.99. The van der Waals surface area contributed by atoms with Crippen molar-refractivity contribution in [1.82, 2.24) is 9.47 Å². The Morgan fingerprint density at radius 2 is 1.17 bits per heavy atom. The van der Waals surface area contributed by atoms with Crippen molar-refractivity contribution in [3.8, 4) is 0 Å². The van der Waals surface area contributed by atoms with Gasteiger partial charge in [0.2, 0.25) is 5.91 Å². The lowest BCUT2D eigenvalue weighted by Gasteiger charge is -2.60. The van der Waals surface area contributed by atoms with Gasteiger partial charge in [-0.05, 0) is 35.8 Å². The molecule has 0 aromatic heterocycles. The van der Waals surface area contributed by atoms with Crippen molar-refractivity contribution in [3.05, 3.63) is 108 Å². The van der Waals surface area contributed by atoms with Crippen LogP contribution in [-0.4, -0.2) is 49.6 Å². The summed E-state index contributed by atoms with van der Waals surface area (Å²) in [5.74, 6) is 0.283. The van der Waals surface area contributed by atoms with Crippen LogP contribution in [0.3, 0.4) is 0 Å². The highest BCUT2D eigenvalue weighted by atomic mass is 32.2. The number of hydrogen-bond acceptors (Lipinski definition) is 3. The quantitative estimate of drug-likeness (QED) is 0.182. The third kappa shape index (κ3) is 4.69. The highest BCUT2D eigenvalue weighted by Crippen LogP contribution is 2.57. The van der Waals surface area contributed by atoms with Crippen LogP contribution in [0.25, 0.3) is 0 Å². The van der Waals surface area contributed by atoms with Gasteiger partial charge >= 0.3 is 0 Å². The molecule has 0 spiro atoms. The maximum Gasteiger partial charge on any atom is 0.222 e. The Morgan fingerprint density at radius 1 is 0.778 bits per heavy atom. The molecule has 0 saturated carbocycles. The standard InChI is InChI=1S/C31H40N2OSSi/c1-30(2,3)36(6,7)33-28(34)27(23-32(4)5)29(33)35-31(24-17-11-8-12-18-24,25-19-13-9-14-20-25)26-21-15-10-16-22-26/h8-22,27,29H,23H2,1-7H3. The Balaban J connectivity index is 1.94. The van der Waals surface area contributed by atoms with Crippen LogP contribution < -0.4 is 0 Å². The van der Waals surface area contributed by atoms with Gasteiger partial charge in [0, 0.05) is 6.54 Å². The summed E-state index contributed by atoms with van der Waals surface area (Å²) in [7, 11) is 2.05. The number of benzene rings is 3. The number of carbonyl (C=O) groups excluding carboxylic acids is 1. The Morgan fingerprint density at radius 3 is 1.50 bits per heavy atom. The second kappa shape index (κ2) is 10.2. The summed E-state index contributed by atoms with van der Waals surface area (Å²) in [4.78, 5) is 16.0. The molecule has 1 saturated heterocycles. The number of amides is 1. The van der Waals surface area contributed by atoms with Crippen molar-refractivity contribution >= 4 is 25.9 Å². The second-order valence-corrected chi connectivity index (χ2v) is 18.1. The molecule has 1 aliphatic heterocycles. The van der Waals surface area contributed by atoms with E-state index in [4.69, 9.17) is 0 Å². The van der Waals surface area contributed by atoms with Gasteiger partial charge in [0.15, 0.2) is 8.24 Å². The van der Waals surface area contributed by atoms with E-state index in [0.717, 1.165) is 6.54 Å². The van der Waals surface area contributed by atoms with Gasteiger partial charge in [-0.3, -0.25) is 4.79 Å². The zero-order valence-electron chi connectivity index (χ0n) is 22.7. The van der Waals surface area contributed by atoms with Crippen LogP contribution in [0.1, 0.15) is 37.5 Å². The highest BCUT2D eigenvalue weighted by molar-refractivity contribution is 8.01. The molecule has 5 heteroatoms. The largest absolute Gasteiger partial charge is 0.357 e. The normalized spacial score (nSPS) is 18.9. The van der Waals surface area contributed by atoms with E-state index in [1.807, 2.05) is 11.8 Å². The lowest BCUT2D eigenvalue weighted by atomic mass is 9.84. The van der Waals surface area contributed by atoms with Crippen molar-refractivity contribution in [1.29, 1.82) is 0 Å². The number of carbonyl (C=O) groups is 1. The molecule has 0 N–H and O–H groups in total. The van der Waals surface area contributed by atoms with Gasteiger partial charge in [-0.25, -0.2) is 0 Å². The van der Waals surface area contributed by atoms with Gasteiger partial charge in [-0.1, -0.05) is 125 Å². The molecule has 3 aromatic carbocycles. The van der Waals surface area contributed by atoms with Crippen LogP contribution in [0, 0.1) is 5.92 Å². The van der Waals surface area contributed by atoms with E-state index in [9.17, 15) is 4.79 Å². The van der Waals surface area contributed by atoms with Gasteiger partial charge < -0.3 is 9.47 Å². The summed E-state index contributed by atoms with van der Waals surface area (Å²) >= 11 is 1.96. The van der Waals surface area contributed by atoms with E-state index in [1.54, 1.807) is 0 Å². The van der Waals surface area contributed by atoms with Gasteiger partial charge in [-0.15, -0.1) is 11.8 Å². The molecule has 1 heterocycles.